The molecule has 0 atom stereocenters. The summed E-state index contributed by atoms with van der Waals surface area (Å²) >= 11 is 0. The Labute approximate surface area is 116 Å². The van der Waals surface area contributed by atoms with E-state index in [-0.39, 0.29) is 6.42 Å². The highest BCUT2D eigenvalue weighted by molar-refractivity contribution is 5.98. The fraction of sp³-hybridized carbons (Fsp3) is 0.235. The first-order valence-electron chi connectivity index (χ1n) is 6.73. The first-order chi connectivity index (χ1) is 9.65. The Kier molecular flexibility index (Phi) is 3.35. The summed E-state index contributed by atoms with van der Waals surface area (Å²) in [5.74, 6) is -2.11. The molecule has 0 heterocycles. The van der Waals surface area contributed by atoms with E-state index in [0.29, 0.717) is 0 Å². The first-order valence-corrected chi connectivity index (χ1v) is 6.73. The molecule has 0 fully saturated rings. The third kappa shape index (κ3) is 2.36. The van der Waals surface area contributed by atoms with Crippen molar-refractivity contribution >= 4 is 5.78 Å². The summed E-state index contributed by atoms with van der Waals surface area (Å²) in [7, 11) is 0. The number of Topliss-reactive ketones (excluding diaryl/α,β-unsaturated/α-hetero) is 1. The first kappa shape index (κ1) is 13.0. The Bertz CT molecular complexity index is 656. The number of benzene rings is 2. The minimum atomic E-state index is -0.795. The number of hydrogen-bond donors (Lipinski definition) is 0. The van der Waals surface area contributed by atoms with Crippen LogP contribution < -0.4 is 0 Å². The third-order valence-corrected chi connectivity index (χ3v) is 3.77. The standard InChI is InChI=1S/C17H14F2O/c18-14-5-2-6-15(19)17(14)16(20)10-11-7-8-12-3-1-4-13(12)9-11/h2,5-9H,1,3-4,10H2. The van der Waals surface area contributed by atoms with E-state index >= 15 is 0 Å². The lowest BCUT2D eigenvalue weighted by Gasteiger charge is -2.06. The highest BCUT2D eigenvalue weighted by Crippen LogP contribution is 2.24. The molecule has 1 aliphatic carbocycles. The van der Waals surface area contributed by atoms with Gasteiger partial charge in [0.05, 0.1) is 5.56 Å². The lowest BCUT2D eigenvalue weighted by molar-refractivity contribution is 0.0985. The van der Waals surface area contributed by atoms with Crippen LogP contribution >= 0.6 is 0 Å². The fourth-order valence-corrected chi connectivity index (χ4v) is 2.77. The molecule has 1 nitrogen and oxygen atoms in total. The van der Waals surface area contributed by atoms with Crippen LogP contribution in [0.2, 0.25) is 0 Å². The molecule has 3 rings (SSSR count). The Balaban J connectivity index is 1.86. The van der Waals surface area contributed by atoms with Crippen molar-refractivity contribution in [2.45, 2.75) is 25.7 Å². The largest absolute Gasteiger partial charge is 0.294 e. The minimum absolute atomic E-state index is 0.0329. The summed E-state index contributed by atoms with van der Waals surface area (Å²) in [5, 5.41) is 0. The zero-order valence-corrected chi connectivity index (χ0v) is 11.0. The molecule has 0 N–H and O–H groups in total. The van der Waals surface area contributed by atoms with Crippen molar-refractivity contribution in [3.63, 3.8) is 0 Å². The molecule has 0 aliphatic heterocycles. The van der Waals surface area contributed by atoms with Gasteiger partial charge in [0.1, 0.15) is 11.6 Å². The van der Waals surface area contributed by atoms with Crippen LogP contribution in [-0.2, 0) is 19.3 Å². The van der Waals surface area contributed by atoms with Crippen molar-refractivity contribution in [2.24, 2.45) is 0 Å². The molecule has 1 aliphatic rings. The molecule has 0 unspecified atom stereocenters. The molecule has 0 saturated heterocycles. The van der Waals surface area contributed by atoms with Crippen molar-refractivity contribution < 1.29 is 13.6 Å². The summed E-state index contributed by atoms with van der Waals surface area (Å²) in [6, 6.07) is 9.36. The van der Waals surface area contributed by atoms with Crippen LogP contribution in [0.3, 0.4) is 0 Å². The van der Waals surface area contributed by atoms with Gasteiger partial charge in [0.2, 0.25) is 0 Å². The Morgan fingerprint density at radius 1 is 1.00 bits per heavy atom. The van der Waals surface area contributed by atoms with Crippen LogP contribution in [0.15, 0.2) is 36.4 Å². The average molecular weight is 272 g/mol. The molecule has 0 amide bonds. The van der Waals surface area contributed by atoms with E-state index in [1.54, 1.807) is 0 Å². The van der Waals surface area contributed by atoms with Crippen molar-refractivity contribution in [1.82, 2.24) is 0 Å². The van der Waals surface area contributed by atoms with E-state index in [1.807, 2.05) is 18.2 Å². The second-order valence-electron chi connectivity index (χ2n) is 5.15. The monoisotopic (exact) mass is 272 g/mol. The van der Waals surface area contributed by atoms with Gasteiger partial charge < -0.3 is 0 Å². The normalized spacial score (nSPS) is 13.3. The van der Waals surface area contributed by atoms with Crippen molar-refractivity contribution in [3.8, 4) is 0 Å². The minimum Gasteiger partial charge on any atom is -0.294 e. The van der Waals surface area contributed by atoms with Gasteiger partial charge in [-0.05, 0) is 48.1 Å². The lowest BCUT2D eigenvalue weighted by Crippen LogP contribution is -2.09. The highest BCUT2D eigenvalue weighted by atomic mass is 19.1. The molecule has 2 aromatic carbocycles. The van der Waals surface area contributed by atoms with E-state index < -0.39 is 23.0 Å². The number of rotatable bonds is 3. The maximum atomic E-state index is 13.6. The molecule has 102 valence electrons. The van der Waals surface area contributed by atoms with Gasteiger partial charge in [-0.25, -0.2) is 8.78 Å². The summed E-state index contributed by atoms with van der Waals surface area (Å²) in [6.07, 6.45) is 3.26. The molecule has 2 aromatic rings. The number of halogens is 2. The second kappa shape index (κ2) is 5.16. The van der Waals surface area contributed by atoms with E-state index in [9.17, 15) is 13.6 Å². The van der Waals surface area contributed by atoms with Gasteiger partial charge in [0.25, 0.3) is 0 Å². The highest BCUT2D eigenvalue weighted by Gasteiger charge is 2.18. The van der Waals surface area contributed by atoms with E-state index in [2.05, 4.69) is 0 Å². The van der Waals surface area contributed by atoms with Crippen LogP contribution in [0.1, 0.15) is 33.5 Å². The molecule has 0 spiro atoms. The summed E-state index contributed by atoms with van der Waals surface area (Å²) in [4.78, 5) is 12.1. The number of carbonyl (C=O) groups is 1. The Hall–Kier alpha value is -2.03. The van der Waals surface area contributed by atoms with Gasteiger partial charge in [-0.15, -0.1) is 0 Å². The van der Waals surface area contributed by atoms with Crippen molar-refractivity contribution in [1.29, 1.82) is 0 Å². The topological polar surface area (TPSA) is 17.1 Å². The smallest absolute Gasteiger partial charge is 0.173 e. The number of carbonyl (C=O) groups excluding carboxylic acids is 1. The van der Waals surface area contributed by atoms with Crippen LogP contribution in [0.4, 0.5) is 8.78 Å². The molecular formula is C17H14F2O. The molecule has 0 bridgehead atoms. The molecule has 3 heteroatoms. The maximum Gasteiger partial charge on any atom is 0.173 e. The van der Waals surface area contributed by atoms with E-state index in [4.69, 9.17) is 0 Å². The van der Waals surface area contributed by atoms with Gasteiger partial charge in [0.15, 0.2) is 5.78 Å². The summed E-state index contributed by atoms with van der Waals surface area (Å²) < 4.78 is 27.1. The van der Waals surface area contributed by atoms with Crippen LogP contribution in [0.25, 0.3) is 0 Å². The average Bonchev–Trinajstić information content (AvgIpc) is 2.85. The van der Waals surface area contributed by atoms with E-state index in [0.717, 1.165) is 37.0 Å². The molecule has 0 aromatic heterocycles. The van der Waals surface area contributed by atoms with Gasteiger partial charge in [0, 0.05) is 6.42 Å². The predicted molar refractivity (Wildman–Crippen MR) is 72.9 cm³/mol. The fourth-order valence-electron chi connectivity index (χ4n) is 2.77. The zero-order valence-electron chi connectivity index (χ0n) is 11.0. The Morgan fingerprint density at radius 3 is 2.45 bits per heavy atom. The van der Waals surface area contributed by atoms with Crippen LogP contribution in [0.5, 0.6) is 0 Å². The second-order valence-corrected chi connectivity index (χ2v) is 5.15. The predicted octanol–water partition coefficient (Wildman–Crippen LogP) is 3.88. The van der Waals surface area contributed by atoms with Gasteiger partial charge in [-0.1, -0.05) is 24.3 Å². The van der Waals surface area contributed by atoms with Crippen molar-refractivity contribution in [3.05, 3.63) is 70.3 Å². The van der Waals surface area contributed by atoms with Gasteiger partial charge in [-0.3, -0.25) is 4.79 Å². The number of hydrogen-bond acceptors (Lipinski definition) is 1. The molecule has 0 saturated carbocycles. The van der Waals surface area contributed by atoms with Gasteiger partial charge in [-0.2, -0.15) is 0 Å². The Morgan fingerprint density at radius 2 is 1.70 bits per heavy atom. The van der Waals surface area contributed by atoms with E-state index in [1.165, 1.54) is 17.2 Å². The number of ketones is 1. The summed E-state index contributed by atoms with van der Waals surface area (Å²) in [5.41, 5.74) is 2.95. The SMILES string of the molecule is O=C(Cc1ccc2c(c1)CCC2)c1c(F)cccc1F. The quantitative estimate of drug-likeness (QED) is 0.775. The van der Waals surface area contributed by atoms with Crippen LogP contribution in [0, 0.1) is 11.6 Å². The number of fused-ring (bicyclic) bond motifs is 1. The van der Waals surface area contributed by atoms with Crippen LogP contribution in [-0.4, -0.2) is 5.78 Å². The lowest BCUT2D eigenvalue weighted by atomic mass is 9.99. The zero-order chi connectivity index (χ0) is 14.1. The summed E-state index contributed by atoms with van der Waals surface area (Å²) in [6.45, 7) is 0. The molecule has 20 heavy (non-hydrogen) atoms. The number of aryl methyl sites for hydroxylation is 2. The third-order valence-electron chi connectivity index (χ3n) is 3.77. The van der Waals surface area contributed by atoms with Crippen molar-refractivity contribution in [2.75, 3.05) is 0 Å². The molecular weight excluding hydrogens is 258 g/mol. The molecule has 0 radical (unpaired) electrons. The van der Waals surface area contributed by atoms with Gasteiger partial charge >= 0.3 is 0 Å². The maximum absolute atomic E-state index is 13.6.